The maximum Gasteiger partial charge on any atom is 0.573 e. The summed E-state index contributed by atoms with van der Waals surface area (Å²) in [6, 6.07) is 3.85. The molecule has 0 unspecified atom stereocenters. The SMILES string of the molecule is C#Cc1ccc(OC(F)(F)F)c(Cn2c(=O)[nH]c3cnc(NC[C@H]4CCNC4)nc32)c1. The van der Waals surface area contributed by atoms with Crippen LogP contribution in [0.1, 0.15) is 17.5 Å². The fraction of sp³-hybridized carbons (Fsp3) is 0.350. The summed E-state index contributed by atoms with van der Waals surface area (Å²) in [5, 5.41) is 6.42. The van der Waals surface area contributed by atoms with Crippen LogP contribution in [0.5, 0.6) is 5.75 Å². The van der Waals surface area contributed by atoms with Crippen LogP contribution in [-0.4, -0.2) is 45.5 Å². The summed E-state index contributed by atoms with van der Waals surface area (Å²) in [5.74, 6) is 2.71. The molecule has 1 aliphatic heterocycles. The van der Waals surface area contributed by atoms with E-state index in [4.69, 9.17) is 6.42 Å². The van der Waals surface area contributed by atoms with Gasteiger partial charge in [0, 0.05) is 17.7 Å². The first-order valence-corrected chi connectivity index (χ1v) is 9.58. The van der Waals surface area contributed by atoms with Gasteiger partial charge in [-0.25, -0.2) is 9.78 Å². The highest BCUT2D eigenvalue weighted by Gasteiger charge is 2.32. The highest BCUT2D eigenvalue weighted by Crippen LogP contribution is 2.28. The standard InChI is InChI=1S/C20H19F3N6O2/c1-2-12-3-4-16(31-20(21,22)23)14(7-12)11-29-17-15(27-19(29)30)10-26-18(28-17)25-9-13-5-6-24-8-13/h1,3-4,7,10,13,24H,5-6,8-9,11H2,(H,27,30)(H,25,26,28)/t13-/m0/s1. The molecule has 0 radical (unpaired) electrons. The number of imidazole rings is 1. The van der Waals surface area contributed by atoms with Crippen LogP contribution in [0.3, 0.4) is 0 Å². The number of halogens is 3. The van der Waals surface area contributed by atoms with Crippen LogP contribution in [0.25, 0.3) is 11.2 Å². The third kappa shape index (κ3) is 4.80. The minimum Gasteiger partial charge on any atom is -0.405 e. The predicted octanol–water partition coefficient (Wildman–Crippen LogP) is 2.07. The molecule has 1 atom stereocenters. The number of alkyl halides is 3. The number of fused-ring (bicyclic) bond motifs is 1. The molecule has 3 N–H and O–H groups in total. The lowest BCUT2D eigenvalue weighted by Crippen LogP contribution is -2.21. The molecule has 0 amide bonds. The Balaban J connectivity index is 1.66. The van der Waals surface area contributed by atoms with Crippen LogP contribution in [0.4, 0.5) is 19.1 Å². The molecule has 1 fully saturated rings. The van der Waals surface area contributed by atoms with Crippen LogP contribution in [-0.2, 0) is 6.54 Å². The maximum absolute atomic E-state index is 12.8. The number of aromatic amines is 1. The number of terminal acetylenes is 1. The number of anilines is 1. The molecule has 162 valence electrons. The van der Waals surface area contributed by atoms with Gasteiger partial charge in [-0.1, -0.05) is 5.92 Å². The van der Waals surface area contributed by atoms with E-state index in [1.165, 1.54) is 22.9 Å². The summed E-state index contributed by atoms with van der Waals surface area (Å²) >= 11 is 0. The molecule has 0 aliphatic carbocycles. The van der Waals surface area contributed by atoms with Crippen molar-refractivity contribution in [2.75, 3.05) is 25.0 Å². The molecule has 1 saturated heterocycles. The van der Waals surface area contributed by atoms with Gasteiger partial charge in [-0.15, -0.1) is 19.6 Å². The van der Waals surface area contributed by atoms with Gasteiger partial charge < -0.3 is 20.4 Å². The molecule has 0 bridgehead atoms. The van der Waals surface area contributed by atoms with E-state index in [0.717, 1.165) is 25.6 Å². The summed E-state index contributed by atoms with van der Waals surface area (Å²) < 4.78 is 43.8. The zero-order valence-corrected chi connectivity index (χ0v) is 16.3. The summed E-state index contributed by atoms with van der Waals surface area (Å²) in [4.78, 5) is 23.7. The first-order valence-electron chi connectivity index (χ1n) is 9.58. The number of H-pyrrole nitrogens is 1. The molecule has 0 spiro atoms. The van der Waals surface area contributed by atoms with E-state index in [1.807, 2.05) is 0 Å². The summed E-state index contributed by atoms with van der Waals surface area (Å²) in [6.45, 7) is 2.31. The molecular weight excluding hydrogens is 413 g/mol. The van der Waals surface area contributed by atoms with Crippen LogP contribution < -0.4 is 21.1 Å². The van der Waals surface area contributed by atoms with Crippen molar-refractivity contribution in [2.45, 2.75) is 19.3 Å². The molecule has 0 saturated carbocycles. The zero-order chi connectivity index (χ0) is 22.0. The second-order valence-corrected chi connectivity index (χ2v) is 7.20. The van der Waals surface area contributed by atoms with Crippen LogP contribution in [0.2, 0.25) is 0 Å². The second kappa shape index (κ2) is 8.31. The maximum atomic E-state index is 12.8. The van der Waals surface area contributed by atoms with E-state index in [0.29, 0.717) is 29.5 Å². The Kier molecular flexibility index (Phi) is 5.56. The van der Waals surface area contributed by atoms with Gasteiger partial charge in [-0.3, -0.25) is 4.57 Å². The largest absolute Gasteiger partial charge is 0.573 e. The highest BCUT2D eigenvalue weighted by molar-refractivity contribution is 5.71. The number of nitrogens with zero attached hydrogens (tertiary/aromatic N) is 3. The number of ether oxygens (including phenoxy) is 1. The van der Waals surface area contributed by atoms with Crippen molar-refractivity contribution in [2.24, 2.45) is 5.92 Å². The Bertz CT molecular complexity index is 1190. The van der Waals surface area contributed by atoms with E-state index < -0.39 is 17.8 Å². The first kappa shape index (κ1) is 20.7. The van der Waals surface area contributed by atoms with E-state index >= 15 is 0 Å². The third-order valence-corrected chi connectivity index (χ3v) is 5.00. The molecule has 2 aromatic heterocycles. The Hall–Kier alpha value is -3.52. The number of benzene rings is 1. The molecule has 1 aliphatic rings. The van der Waals surface area contributed by atoms with E-state index in [2.05, 4.69) is 36.2 Å². The number of nitrogens with one attached hydrogen (secondary N) is 3. The smallest absolute Gasteiger partial charge is 0.405 e. The molecule has 11 heteroatoms. The van der Waals surface area contributed by atoms with Gasteiger partial charge in [0.15, 0.2) is 5.65 Å². The fourth-order valence-electron chi connectivity index (χ4n) is 3.49. The van der Waals surface area contributed by atoms with E-state index in [1.54, 1.807) is 0 Å². The van der Waals surface area contributed by atoms with E-state index in [-0.39, 0.29) is 17.8 Å². The summed E-state index contributed by atoms with van der Waals surface area (Å²) in [7, 11) is 0. The molecule has 8 nitrogen and oxygen atoms in total. The van der Waals surface area contributed by atoms with Crippen molar-refractivity contribution in [3.8, 4) is 18.1 Å². The average Bonchev–Trinajstić information content (AvgIpc) is 3.34. The quantitative estimate of drug-likeness (QED) is 0.516. The number of hydrogen-bond acceptors (Lipinski definition) is 6. The molecule has 3 heterocycles. The Morgan fingerprint density at radius 2 is 2.23 bits per heavy atom. The normalized spacial score (nSPS) is 16.4. The molecule has 3 aromatic rings. The average molecular weight is 432 g/mol. The fourth-order valence-corrected chi connectivity index (χ4v) is 3.49. The van der Waals surface area contributed by atoms with Gasteiger partial charge in [0.25, 0.3) is 0 Å². The number of rotatable bonds is 6. The highest BCUT2D eigenvalue weighted by atomic mass is 19.4. The Morgan fingerprint density at radius 3 is 2.94 bits per heavy atom. The lowest BCUT2D eigenvalue weighted by atomic mass is 10.1. The third-order valence-electron chi connectivity index (χ3n) is 5.00. The topological polar surface area (TPSA) is 96.9 Å². The van der Waals surface area contributed by atoms with Crippen molar-refractivity contribution in [1.82, 2.24) is 24.8 Å². The van der Waals surface area contributed by atoms with Gasteiger partial charge in [-0.2, -0.15) is 4.98 Å². The van der Waals surface area contributed by atoms with Gasteiger partial charge in [0.1, 0.15) is 11.3 Å². The van der Waals surface area contributed by atoms with Gasteiger partial charge >= 0.3 is 12.1 Å². The van der Waals surface area contributed by atoms with Crippen LogP contribution >= 0.6 is 0 Å². The predicted molar refractivity (Wildman–Crippen MR) is 108 cm³/mol. The summed E-state index contributed by atoms with van der Waals surface area (Å²) in [5.41, 5.74) is 0.548. The molecular formula is C20H19F3N6O2. The van der Waals surface area contributed by atoms with Gasteiger partial charge in [0.2, 0.25) is 5.95 Å². The van der Waals surface area contributed by atoms with Gasteiger partial charge in [0.05, 0.1) is 12.7 Å². The molecule has 4 rings (SSSR count). The first-order chi connectivity index (χ1) is 14.8. The number of hydrogen-bond donors (Lipinski definition) is 3. The van der Waals surface area contributed by atoms with E-state index in [9.17, 15) is 18.0 Å². The van der Waals surface area contributed by atoms with Crippen molar-refractivity contribution < 1.29 is 17.9 Å². The second-order valence-electron chi connectivity index (χ2n) is 7.20. The monoisotopic (exact) mass is 432 g/mol. The summed E-state index contributed by atoms with van der Waals surface area (Å²) in [6.07, 6.45) is 2.99. The number of aromatic nitrogens is 4. The van der Waals surface area contributed by atoms with Crippen molar-refractivity contribution in [3.63, 3.8) is 0 Å². The van der Waals surface area contributed by atoms with Crippen molar-refractivity contribution in [3.05, 3.63) is 46.0 Å². The molecule has 31 heavy (non-hydrogen) atoms. The Morgan fingerprint density at radius 1 is 1.39 bits per heavy atom. The van der Waals surface area contributed by atoms with Crippen molar-refractivity contribution in [1.29, 1.82) is 0 Å². The van der Waals surface area contributed by atoms with Gasteiger partial charge in [-0.05, 0) is 43.6 Å². The van der Waals surface area contributed by atoms with Crippen molar-refractivity contribution >= 4 is 17.1 Å². The van der Waals surface area contributed by atoms with Crippen LogP contribution in [0.15, 0.2) is 29.2 Å². The minimum atomic E-state index is -4.88. The molecule has 1 aromatic carbocycles. The lowest BCUT2D eigenvalue weighted by molar-refractivity contribution is -0.274. The van der Waals surface area contributed by atoms with Crippen LogP contribution in [0, 0.1) is 18.3 Å². The zero-order valence-electron chi connectivity index (χ0n) is 16.3. The lowest BCUT2D eigenvalue weighted by Gasteiger charge is -2.14. The minimum absolute atomic E-state index is 0.0981. The Labute approximate surface area is 174 Å².